The van der Waals surface area contributed by atoms with E-state index in [1.165, 1.54) is 4.90 Å². The number of carbonyl (C=O) groups is 2. The maximum absolute atomic E-state index is 13.2. The Morgan fingerprint density at radius 2 is 1.85 bits per heavy atom. The van der Waals surface area contributed by atoms with E-state index in [2.05, 4.69) is 4.98 Å². The largest absolute Gasteiger partial charge is 0.507 e. The third kappa shape index (κ3) is 3.61. The topological polar surface area (TPSA) is 89.0 Å². The Hall–Kier alpha value is -4.13. The third-order valence-corrected chi connectivity index (χ3v) is 6.00. The van der Waals surface area contributed by atoms with E-state index in [0.717, 1.165) is 24.2 Å². The number of benzene rings is 2. The van der Waals surface area contributed by atoms with E-state index < -0.39 is 17.7 Å². The summed E-state index contributed by atoms with van der Waals surface area (Å²) in [5.41, 5.74) is 2.68. The normalized spacial score (nSPS) is 19.2. The van der Waals surface area contributed by atoms with Crippen molar-refractivity contribution in [2.45, 2.75) is 18.9 Å². The first-order valence-corrected chi connectivity index (χ1v) is 10.7. The fourth-order valence-corrected chi connectivity index (χ4v) is 4.37. The van der Waals surface area contributed by atoms with Gasteiger partial charge in [-0.3, -0.25) is 19.5 Å². The zero-order valence-corrected chi connectivity index (χ0v) is 18.0. The third-order valence-electron chi connectivity index (χ3n) is 6.00. The van der Waals surface area contributed by atoms with Gasteiger partial charge in [0, 0.05) is 23.6 Å². The van der Waals surface area contributed by atoms with E-state index in [0.29, 0.717) is 29.2 Å². The molecule has 0 saturated carbocycles. The highest BCUT2D eigenvalue weighted by Crippen LogP contribution is 2.42. The number of aliphatic hydroxyl groups excluding tert-OH is 1. The van der Waals surface area contributed by atoms with Crippen LogP contribution in [-0.2, 0) is 16.0 Å². The van der Waals surface area contributed by atoms with Crippen LogP contribution < -0.4 is 14.4 Å². The van der Waals surface area contributed by atoms with E-state index >= 15 is 0 Å². The number of nitrogens with zero attached hydrogens (tertiary/aromatic N) is 2. The van der Waals surface area contributed by atoms with Crippen molar-refractivity contribution in [3.05, 3.63) is 89.3 Å². The van der Waals surface area contributed by atoms with Gasteiger partial charge in [0.15, 0.2) is 0 Å². The van der Waals surface area contributed by atoms with Gasteiger partial charge in [-0.2, -0.15) is 0 Å². The number of aromatic nitrogens is 1. The molecule has 1 saturated heterocycles. The molecule has 1 unspecified atom stereocenters. The lowest BCUT2D eigenvalue weighted by atomic mass is 9.94. The van der Waals surface area contributed by atoms with Gasteiger partial charge in [-0.25, -0.2) is 0 Å². The molecule has 2 aliphatic rings. The number of fused-ring (bicyclic) bond motifs is 1. The van der Waals surface area contributed by atoms with Gasteiger partial charge in [0.25, 0.3) is 11.7 Å². The van der Waals surface area contributed by atoms with Gasteiger partial charge in [-0.1, -0.05) is 0 Å². The first-order chi connectivity index (χ1) is 16.1. The Morgan fingerprint density at radius 1 is 1.09 bits per heavy atom. The number of amides is 1. The van der Waals surface area contributed by atoms with Crippen LogP contribution in [0.25, 0.3) is 5.76 Å². The summed E-state index contributed by atoms with van der Waals surface area (Å²) in [6.45, 7) is 0.660. The second kappa shape index (κ2) is 8.43. The molecule has 1 fully saturated rings. The molecule has 0 aliphatic carbocycles. The quantitative estimate of drug-likeness (QED) is 0.373. The van der Waals surface area contributed by atoms with Gasteiger partial charge in [0.1, 0.15) is 17.3 Å². The number of carbonyl (C=O) groups excluding carboxylic acids is 2. The molecule has 7 nitrogen and oxygen atoms in total. The van der Waals surface area contributed by atoms with E-state index in [-0.39, 0.29) is 11.3 Å². The number of ether oxygens (including phenoxy) is 2. The van der Waals surface area contributed by atoms with Crippen molar-refractivity contribution in [2.75, 3.05) is 18.6 Å². The minimum absolute atomic E-state index is 0.0405. The van der Waals surface area contributed by atoms with Crippen molar-refractivity contribution >= 4 is 23.1 Å². The number of rotatable bonds is 4. The number of aryl methyl sites for hydroxylation is 1. The Balaban J connectivity index is 1.66. The molecule has 0 radical (unpaired) electrons. The second-order valence-electron chi connectivity index (χ2n) is 7.92. The van der Waals surface area contributed by atoms with Crippen LogP contribution in [0, 0.1) is 0 Å². The zero-order chi connectivity index (χ0) is 22.9. The first kappa shape index (κ1) is 20.8. The molecule has 2 aliphatic heterocycles. The van der Waals surface area contributed by atoms with Crippen LogP contribution in [0.5, 0.6) is 11.5 Å². The van der Waals surface area contributed by atoms with Gasteiger partial charge in [-0.05, 0) is 78.6 Å². The van der Waals surface area contributed by atoms with Crippen LogP contribution in [0.4, 0.5) is 5.69 Å². The van der Waals surface area contributed by atoms with E-state index in [1.54, 1.807) is 68.0 Å². The smallest absolute Gasteiger partial charge is 0.300 e. The number of aliphatic hydroxyl groups is 1. The molecule has 1 N–H and O–H groups in total. The predicted octanol–water partition coefficient (Wildman–Crippen LogP) is 4.04. The van der Waals surface area contributed by atoms with Gasteiger partial charge < -0.3 is 14.6 Å². The predicted molar refractivity (Wildman–Crippen MR) is 122 cm³/mol. The number of pyridine rings is 1. The standard InChI is InChI=1S/C26H22N2O5/c1-32-20-7-5-19(6-8-20)28-23(16-10-12-27-13-11-16)22(25(30)26(28)31)24(29)18-4-9-21-17(15-18)3-2-14-33-21/h4-13,15,23,29H,2-3,14H2,1H3/b24-22-. The Kier molecular flexibility index (Phi) is 5.30. The molecule has 1 amide bonds. The van der Waals surface area contributed by atoms with Crippen molar-refractivity contribution in [3.8, 4) is 11.5 Å². The molecule has 7 heteroatoms. The van der Waals surface area contributed by atoms with Crippen LogP contribution in [0.3, 0.4) is 0 Å². The number of anilines is 1. The lowest BCUT2D eigenvalue weighted by Crippen LogP contribution is -2.29. The van der Waals surface area contributed by atoms with Crippen molar-refractivity contribution in [1.82, 2.24) is 4.98 Å². The first-order valence-electron chi connectivity index (χ1n) is 10.7. The minimum Gasteiger partial charge on any atom is -0.507 e. The molecule has 5 rings (SSSR count). The number of Topliss-reactive ketones (excluding diaryl/α,β-unsaturated/α-hetero) is 1. The molecule has 3 heterocycles. The van der Waals surface area contributed by atoms with Crippen molar-refractivity contribution in [2.24, 2.45) is 0 Å². The van der Waals surface area contributed by atoms with Crippen LogP contribution in [0.2, 0.25) is 0 Å². The highest BCUT2D eigenvalue weighted by Gasteiger charge is 2.47. The van der Waals surface area contributed by atoms with Crippen LogP contribution in [0.1, 0.15) is 29.2 Å². The number of hydrogen-bond donors (Lipinski definition) is 1. The molecular weight excluding hydrogens is 420 g/mol. The maximum Gasteiger partial charge on any atom is 0.300 e. The molecular formula is C26H22N2O5. The average molecular weight is 442 g/mol. The van der Waals surface area contributed by atoms with Crippen LogP contribution >= 0.6 is 0 Å². The van der Waals surface area contributed by atoms with E-state index in [1.807, 2.05) is 6.07 Å². The summed E-state index contributed by atoms with van der Waals surface area (Å²) in [6, 6.07) is 14.9. The molecule has 0 spiro atoms. The SMILES string of the molecule is COc1ccc(N2C(=O)C(=O)/C(=C(\O)c3ccc4c(c3)CCCO4)C2c2ccncc2)cc1. The number of ketones is 1. The molecule has 1 aromatic heterocycles. The van der Waals surface area contributed by atoms with Crippen LogP contribution in [0.15, 0.2) is 72.6 Å². The highest BCUT2D eigenvalue weighted by molar-refractivity contribution is 6.51. The molecule has 166 valence electrons. The Labute approximate surface area is 190 Å². The monoisotopic (exact) mass is 442 g/mol. The molecule has 33 heavy (non-hydrogen) atoms. The average Bonchev–Trinajstić information content (AvgIpc) is 3.14. The zero-order valence-electron chi connectivity index (χ0n) is 18.0. The van der Waals surface area contributed by atoms with E-state index in [9.17, 15) is 14.7 Å². The fraction of sp³-hybridized carbons (Fsp3) is 0.192. The summed E-state index contributed by atoms with van der Waals surface area (Å²) in [5.74, 6) is -0.238. The summed E-state index contributed by atoms with van der Waals surface area (Å²) in [4.78, 5) is 31.9. The molecule has 2 aromatic carbocycles. The van der Waals surface area contributed by atoms with Gasteiger partial charge >= 0.3 is 0 Å². The van der Waals surface area contributed by atoms with Crippen molar-refractivity contribution in [1.29, 1.82) is 0 Å². The van der Waals surface area contributed by atoms with Crippen LogP contribution in [-0.4, -0.2) is 35.5 Å². The summed E-state index contributed by atoms with van der Waals surface area (Å²) >= 11 is 0. The van der Waals surface area contributed by atoms with Gasteiger partial charge in [-0.15, -0.1) is 0 Å². The van der Waals surface area contributed by atoms with E-state index in [4.69, 9.17) is 9.47 Å². The molecule has 1 atom stereocenters. The summed E-state index contributed by atoms with van der Waals surface area (Å²) in [6.07, 6.45) is 4.90. The summed E-state index contributed by atoms with van der Waals surface area (Å²) < 4.78 is 10.9. The lowest BCUT2D eigenvalue weighted by molar-refractivity contribution is -0.132. The summed E-state index contributed by atoms with van der Waals surface area (Å²) in [5, 5.41) is 11.3. The van der Waals surface area contributed by atoms with Gasteiger partial charge in [0.05, 0.1) is 25.3 Å². The number of hydrogen-bond acceptors (Lipinski definition) is 6. The maximum atomic E-state index is 13.2. The molecule has 3 aromatic rings. The molecule has 0 bridgehead atoms. The van der Waals surface area contributed by atoms with Crippen molar-refractivity contribution < 1.29 is 24.2 Å². The fourth-order valence-electron chi connectivity index (χ4n) is 4.37. The summed E-state index contributed by atoms with van der Waals surface area (Å²) in [7, 11) is 1.56. The second-order valence-corrected chi connectivity index (χ2v) is 7.92. The minimum atomic E-state index is -0.798. The lowest BCUT2D eigenvalue weighted by Gasteiger charge is -2.25. The van der Waals surface area contributed by atoms with Gasteiger partial charge in [0.2, 0.25) is 0 Å². The Morgan fingerprint density at radius 3 is 2.58 bits per heavy atom. The number of methoxy groups -OCH3 is 1. The van der Waals surface area contributed by atoms with Crippen molar-refractivity contribution in [3.63, 3.8) is 0 Å². The Bertz CT molecular complexity index is 1250. The highest BCUT2D eigenvalue weighted by atomic mass is 16.5.